The van der Waals surface area contributed by atoms with Crippen LogP contribution in [-0.4, -0.2) is 38.5 Å². The summed E-state index contributed by atoms with van der Waals surface area (Å²) in [7, 11) is 0. The van der Waals surface area contributed by atoms with E-state index in [1.807, 2.05) is 6.92 Å². The van der Waals surface area contributed by atoms with E-state index in [4.69, 9.17) is 9.47 Å². The fourth-order valence-corrected chi connectivity index (χ4v) is 2.11. The summed E-state index contributed by atoms with van der Waals surface area (Å²) in [6, 6.07) is 0. The van der Waals surface area contributed by atoms with Crippen molar-refractivity contribution in [1.29, 1.82) is 0 Å². The maximum absolute atomic E-state index is 11.6. The maximum Gasteiger partial charge on any atom is 0.407 e. The number of amides is 2. The number of nitrogens with one attached hydrogen (secondary N) is 2. The predicted octanol–water partition coefficient (Wildman–Crippen LogP) is 3.85. The number of rotatable bonds is 12. The second-order valence-corrected chi connectivity index (χ2v) is 6.27. The second-order valence-electron chi connectivity index (χ2n) is 6.27. The molecule has 0 spiro atoms. The van der Waals surface area contributed by atoms with Crippen molar-refractivity contribution in [3.05, 3.63) is 0 Å². The van der Waals surface area contributed by atoms with Gasteiger partial charge in [0.2, 0.25) is 0 Å². The molecule has 0 rings (SSSR count). The van der Waals surface area contributed by atoms with E-state index in [0.29, 0.717) is 13.1 Å². The molecule has 6 nitrogen and oxygen atoms in total. The average molecular weight is 330 g/mol. The van der Waals surface area contributed by atoms with Crippen LogP contribution in [0.1, 0.15) is 66.2 Å². The van der Waals surface area contributed by atoms with Gasteiger partial charge in [-0.15, -0.1) is 0 Å². The maximum atomic E-state index is 11.6. The van der Waals surface area contributed by atoms with Crippen molar-refractivity contribution in [3.63, 3.8) is 0 Å². The number of alkyl carbamates (subject to hydrolysis) is 2. The highest BCUT2D eigenvalue weighted by molar-refractivity contribution is 5.67. The molecule has 0 saturated carbocycles. The topological polar surface area (TPSA) is 76.7 Å². The molecule has 23 heavy (non-hydrogen) atoms. The molecule has 0 heterocycles. The third-order valence-corrected chi connectivity index (χ3v) is 3.56. The van der Waals surface area contributed by atoms with Crippen LogP contribution in [0.5, 0.6) is 0 Å². The van der Waals surface area contributed by atoms with E-state index in [-0.39, 0.29) is 18.6 Å². The van der Waals surface area contributed by atoms with Crippen molar-refractivity contribution in [2.24, 2.45) is 5.41 Å². The minimum Gasteiger partial charge on any atom is -0.449 e. The SMILES string of the molecule is CCCCNC(=O)OCC(C)(CCC)COC(=O)NCCCC. The van der Waals surface area contributed by atoms with Crippen molar-refractivity contribution in [3.8, 4) is 0 Å². The highest BCUT2D eigenvalue weighted by Crippen LogP contribution is 2.24. The number of unbranched alkanes of at least 4 members (excludes halogenated alkanes) is 2. The van der Waals surface area contributed by atoms with Gasteiger partial charge in [0.15, 0.2) is 0 Å². The molecule has 0 atom stereocenters. The Hall–Kier alpha value is -1.46. The Labute approximate surface area is 140 Å². The lowest BCUT2D eigenvalue weighted by atomic mass is 9.87. The molecule has 0 unspecified atom stereocenters. The lowest BCUT2D eigenvalue weighted by molar-refractivity contribution is 0.0312. The van der Waals surface area contributed by atoms with E-state index >= 15 is 0 Å². The van der Waals surface area contributed by atoms with E-state index < -0.39 is 12.2 Å². The molecule has 0 radical (unpaired) electrons. The molecule has 136 valence electrons. The van der Waals surface area contributed by atoms with Gasteiger partial charge in [0.1, 0.15) is 13.2 Å². The molecule has 2 N–H and O–H groups in total. The van der Waals surface area contributed by atoms with Crippen LogP contribution >= 0.6 is 0 Å². The van der Waals surface area contributed by atoms with E-state index in [9.17, 15) is 9.59 Å². The lowest BCUT2D eigenvalue weighted by Crippen LogP contribution is -2.36. The number of carbonyl (C=O) groups is 2. The molecular weight excluding hydrogens is 296 g/mol. The van der Waals surface area contributed by atoms with Crippen LogP contribution in [0.25, 0.3) is 0 Å². The normalized spacial score (nSPS) is 11.0. The van der Waals surface area contributed by atoms with Gasteiger partial charge in [-0.2, -0.15) is 0 Å². The summed E-state index contributed by atoms with van der Waals surface area (Å²) < 4.78 is 10.6. The summed E-state index contributed by atoms with van der Waals surface area (Å²) in [6.45, 7) is 9.87. The van der Waals surface area contributed by atoms with Gasteiger partial charge >= 0.3 is 12.2 Å². The molecule has 0 saturated heterocycles. The van der Waals surface area contributed by atoms with Gasteiger partial charge in [-0.05, 0) is 19.3 Å². The molecule has 0 bridgehead atoms. The smallest absolute Gasteiger partial charge is 0.407 e. The van der Waals surface area contributed by atoms with Gasteiger partial charge in [-0.3, -0.25) is 0 Å². The van der Waals surface area contributed by atoms with Gasteiger partial charge in [-0.25, -0.2) is 9.59 Å². The number of ether oxygens (including phenoxy) is 2. The van der Waals surface area contributed by atoms with Crippen LogP contribution in [0.2, 0.25) is 0 Å². The van der Waals surface area contributed by atoms with Gasteiger partial charge in [0, 0.05) is 18.5 Å². The van der Waals surface area contributed by atoms with Gasteiger partial charge in [0.05, 0.1) is 0 Å². The molecule has 6 heteroatoms. The monoisotopic (exact) mass is 330 g/mol. The van der Waals surface area contributed by atoms with Gasteiger partial charge in [0.25, 0.3) is 0 Å². The van der Waals surface area contributed by atoms with Crippen molar-refractivity contribution in [2.75, 3.05) is 26.3 Å². The summed E-state index contributed by atoms with van der Waals surface area (Å²) in [5.74, 6) is 0. The molecular formula is C17H34N2O4. The Morgan fingerprint density at radius 2 is 1.26 bits per heavy atom. The summed E-state index contributed by atoms with van der Waals surface area (Å²) in [5.41, 5.74) is -0.362. The first-order valence-electron chi connectivity index (χ1n) is 8.78. The quantitative estimate of drug-likeness (QED) is 0.533. The first-order valence-corrected chi connectivity index (χ1v) is 8.78. The van der Waals surface area contributed by atoms with Crippen LogP contribution in [0.4, 0.5) is 9.59 Å². The molecule has 0 aromatic rings. The van der Waals surface area contributed by atoms with E-state index in [2.05, 4.69) is 31.4 Å². The third kappa shape index (κ3) is 11.7. The fourth-order valence-electron chi connectivity index (χ4n) is 2.11. The largest absolute Gasteiger partial charge is 0.449 e. The first kappa shape index (κ1) is 21.5. The number of carbonyl (C=O) groups excluding carboxylic acids is 2. The highest BCUT2D eigenvalue weighted by atomic mass is 16.6. The minimum atomic E-state index is -0.409. The molecule has 0 aliphatic heterocycles. The summed E-state index contributed by atoms with van der Waals surface area (Å²) in [5, 5.41) is 5.43. The van der Waals surface area contributed by atoms with Crippen LogP contribution in [-0.2, 0) is 9.47 Å². The molecule has 0 aromatic heterocycles. The van der Waals surface area contributed by atoms with Crippen LogP contribution < -0.4 is 10.6 Å². The summed E-state index contributed by atoms with van der Waals surface area (Å²) in [4.78, 5) is 23.3. The van der Waals surface area contributed by atoms with Crippen molar-refractivity contribution < 1.29 is 19.1 Å². The molecule has 0 aliphatic carbocycles. The zero-order valence-electron chi connectivity index (χ0n) is 15.2. The second kappa shape index (κ2) is 13.0. The zero-order chi connectivity index (χ0) is 17.6. The minimum absolute atomic E-state index is 0.237. The van der Waals surface area contributed by atoms with Crippen LogP contribution in [0, 0.1) is 5.41 Å². The van der Waals surface area contributed by atoms with Crippen LogP contribution in [0.15, 0.2) is 0 Å². The Balaban J connectivity index is 4.17. The van der Waals surface area contributed by atoms with Crippen molar-refractivity contribution >= 4 is 12.2 Å². The van der Waals surface area contributed by atoms with Crippen LogP contribution in [0.3, 0.4) is 0 Å². The highest BCUT2D eigenvalue weighted by Gasteiger charge is 2.27. The average Bonchev–Trinajstić information content (AvgIpc) is 2.52. The van der Waals surface area contributed by atoms with Crippen molar-refractivity contribution in [2.45, 2.75) is 66.2 Å². The molecule has 0 aromatic carbocycles. The molecule has 2 amide bonds. The third-order valence-electron chi connectivity index (χ3n) is 3.56. The summed E-state index contributed by atoms with van der Waals surface area (Å²) >= 11 is 0. The van der Waals surface area contributed by atoms with E-state index in [1.165, 1.54) is 0 Å². The number of hydrogen-bond acceptors (Lipinski definition) is 4. The Kier molecular flexibility index (Phi) is 12.2. The summed E-state index contributed by atoms with van der Waals surface area (Å²) in [6.07, 6.45) is 4.84. The Morgan fingerprint density at radius 3 is 1.61 bits per heavy atom. The zero-order valence-corrected chi connectivity index (χ0v) is 15.2. The predicted molar refractivity (Wildman–Crippen MR) is 91.5 cm³/mol. The first-order chi connectivity index (χ1) is 11.0. The molecule has 0 fully saturated rings. The Bertz CT molecular complexity index is 309. The van der Waals surface area contributed by atoms with Gasteiger partial charge < -0.3 is 20.1 Å². The van der Waals surface area contributed by atoms with Crippen molar-refractivity contribution in [1.82, 2.24) is 10.6 Å². The number of hydrogen-bond donors (Lipinski definition) is 2. The van der Waals surface area contributed by atoms with E-state index in [1.54, 1.807) is 0 Å². The standard InChI is InChI=1S/C17H34N2O4/c1-5-8-11-18-15(20)22-13-17(4,10-7-3)14-23-16(21)19-12-9-6-2/h5-14H2,1-4H3,(H,18,20)(H,19,21). The Morgan fingerprint density at radius 1 is 0.826 bits per heavy atom. The van der Waals surface area contributed by atoms with Gasteiger partial charge in [-0.1, -0.05) is 47.0 Å². The molecule has 0 aliphatic rings. The fraction of sp³-hybridized carbons (Fsp3) is 0.882. The van der Waals surface area contributed by atoms with E-state index in [0.717, 1.165) is 38.5 Å². The lowest BCUT2D eigenvalue weighted by Gasteiger charge is -2.28.